The van der Waals surface area contributed by atoms with Gasteiger partial charge in [0.1, 0.15) is 0 Å². The summed E-state index contributed by atoms with van der Waals surface area (Å²) < 4.78 is 8.00. The van der Waals surface area contributed by atoms with Gasteiger partial charge >= 0.3 is 0 Å². The molecule has 0 aliphatic rings. The quantitative estimate of drug-likeness (QED) is 0.171. The van der Waals surface area contributed by atoms with Gasteiger partial charge < -0.3 is 14.0 Å². The molecule has 0 radical (unpaired) electrons. The van der Waals surface area contributed by atoms with Crippen LogP contribution in [0.15, 0.2) is 174 Å². The number of nitrogens with zero attached hydrogens (tertiary/aromatic N) is 4. The Kier molecular flexibility index (Phi) is 7.51. The van der Waals surface area contributed by atoms with Gasteiger partial charge in [-0.2, -0.15) is 4.98 Å². The number of aromatic nitrogens is 3. The highest BCUT2D eigenvalue weighted by Crippen LogP contribution is 2.40. The number of para-hydroxylation sites is 3. The van der Waals surface area contributed by atoms with Crippen molar-refractivity contribution in [3.05, 3.63) is 181 Å². The van der Waals surface area contributed by atoms with Crippen molar-refractivity contribution >= 4 is 38.9 Å². The average Bonchev–Trinajstić information content (AvgIpc) is 3.79. The Balaban J connectivity index is 1.08. The van der Waals surface area contributed by atoms with Crippen molar-refractivity contribution in [2.24, 2.45) is 0 Å². The second-order valence-electron chi connectivity index (χ2n) is 12.9. The first kappa shape index (κ1) is 30.3. The molecule has 0 aliphatic carbocycles. The van der Waals surface area contributed by atoms with Crippen LogP contribution in [0.1, 0.15) is 11.1 Å². The highest BCUT2D eigenvalue weighted by molar-refractivity contribution is 6.10. The molecule has 0 fully saturated rings. The predicted molar refractivity (Wildman–Crippen MR) is 209 cm³/mol. The summed E-state index contributed by atoms with van der Waals surface area (Å²) in [6, 6.07) is 59.8. The minimum Gasteiger partial charge on any atom is -0.334 e. The van der Waals surface area contributed by atoms with Crippen LogP contribution in [0.4, 0.5) is 17.1 Å². The zero-order valence-corrected chi connectivity index (χ0v) is 28.4. The Bertz CT molecular complexity index is 2580. The number of hydrogen-bond donors (Lipinski definition) is 0. The maximum absolute atomic E-state index is 5.63. The van der Waals surface area contributed by atoms with Gasteiger partial charge in [-0.1, -0.05) is 102 Å². The van der Waals surface area contributed by atoms with Gasteiger partial charge in [0, 0.05) is 44.6 Å². The molecule has 5 nitrogen and oxygen atoms in total. The molecule has 51 heavy (non-hydrogen) atoms. The van der Waals surface area contributed by atoms with Crippen LogP contribution in [-0.4, -0.2) is 14.7 Å². The first-order valence-corrected chi connectivity index (χ1v) is 17.2. The van der Waals surface area contributed by atoms with E-state index in [0.29, 0.717) is 11.7 Å². The summed E-state index contributed by atoms with van der Waals surface area (Å²) in [6.07, 6.45) is 0. The topological polar surface area (TPSA) is 47.1 Å². The highest BCUT2D eigenvalue weighted by atomic mass is 16.5. The van der Waals surface area contributed by atoms with Crippen molar-refractivity contribution < 1.29 is 4.52 Å². The van der Waals surface area contributed by atoms with Crippen LogP contribution in [0.5, 0.6) is 0 Å². The molecule has 0 unspecified atom stereocenters. The van der Waals surface area contributed by atoms with Crippen LogP contribution in [0.3, 0.4) is 0 Å². The van der Waals surface area contributed by atoms with E-state index >= 15 is 0 Å². The normalized spacial score (nSPS) is 11.3. The number of aryl methyl sites for hydroxylation is 2. The van der Waals surface area contributed by atoms with E-state index in [1.165, 1.54) is 21.8 Å². The smallest absolute Gasteiger partial charge is 0.258 e. The Hall–Kier alpha value is -6.72. The van der Waals surface area contributed by atoms with Crippen LogP contribution < -0.4 is 4.90 Å². The maximum atomic E-state index is 5.63. The molecule has 0 atom stereocenters. The number of benzene rings is 7. The van der Waals surface area contributed by atoms with Crippen LogP contribution >= 0.6 is 0 Å². The van der Waals surface area contributed by atoms with Crippen molar-refractivity contribution in [3.63, 3.8) is 0 Å². The molecule has 9 aromatic rings. The van der Waals surface area contributed by atoms with E-state index in [1.807, 2.05) is 30.3 Å². The van der Waals surface area contributed by atoms with Gasteiger partial charge in [-0.25, -0.2) is 0 Å². The lowest BCUT2D eigenvalue weighted by atomic mass is 9.95. The monoisotopic (exact) mass is 658 g/mol. The first-order chi connectivity index (χ1) is 25.1. The number of rotatable bonds is 7. The molecule has 7 aromatic carbocycles. The highest BCUT2D eigenvalue weighted by Gasteiger charge is 2.19. The fraction of sp³-hybridized carbons (Fsp3) is 0.0435. The van der Waals surface area contributed by atoms with Crippen molar-refractivity contribution in [2.45, 2.75) is 13.8 Å². The largest absolute Gasteiger partial charge is 0.334 e. The molecule has 9 rings (SSSR count). The molecule has 0 saturated carbocycles. The zero-order chi connectivity index (χ0) is 34.3. The number of anilines is 3. The van der Waals surface area contributed by atoms with E-state index in [2.05, 4.69) is 168 Å². The summed E-state index contributed by atoms with van der Waals surface area (Å²) in [7, 11) is 0. The van der Waals surface area contributed by atoms with Crippen molar-refractivity contribution in [3.8, 4) is 39.7 Å². The Morgan fingerprint density at radius 1 is 0.490 bits per heavy atom. The SMILES string of the molecule is Cc1cc(-c2ccc(-n3c4ccccc4c4cc(N(c5ccccc5)c5ccccc5)ccc43)cc2)cc(C)c1-c1noc(-c2ccccc2)n1. The van der Waals surface area contributed by atoms with Gasteiger partial charge in [0.15, 0.2) is 0 Å². The second kappa shape index (κ2) is 12.6. The van der Waals surface area contributed by atoms with E-state index in [4.69, 9.17) is 9.51 Å². The summed E-state index contributed by atoms with van der Waals surface area (Å²) in [5, 5.41) is 6.76. The lowest BCUT2D eigenvalue weighted by molar-refractivity contribution is 0.432. The molecular formula is C46H34N4O. The van der Waals surface area contributed by atoms with Crippen LogP contribution in [-0.2, 0) is 0 Å². The van der Waals surface area contributed by atoms with Crippen LogP contribution in [0.2, 0.25) is 0 Å². The van der Waals surface area contributed by atoms with Gasteiger partial charge in [0.05, 0.1) is 11.0 Å². The van der Waals surface area contributed by atoms with E-state index in [-0.39, 0.29) is 0 Å². The van der Waals surface area contributed by atoms with Crippen molar-refractivity contribution in [1.82, 2.24) is 14.7 Å². The molecule has 244 valence electrons. The molecule has 0 amide bonds. The third kappa shape index (κ3) is 5.45. The fourth-order valence-electron chi connectivity index (χ4n) is 7.29. The predicted octanol–water partition coefficient (Wildman–Crippen LogP) is 12.3. The summed E-state index contributed by atoms with van der Waals surface area (Å²) in [5.41, 5.74) is 13.2. The molecule has 5 heteroatoms. The molecule has 2 heterocycles. The molecule has 0 bridgehead atoms. The second-order valence-corrected chi connectivity index (χ2v) is 12.9. The fourth-order valence-corrected chi connectivity index (χ4v) is 7.29. The van der Waals surface area contributed by atoms with Crippen molar-refractivity contribution in [2.75, 3.05) is 4.90 Å². The number of fused-ring (bicyclic) bond motifs is 3. The van der Waals surface area contributed by atoms with E-state index in [9.17, 15) is 0 Å². The third-order valence-corrected chi connectivity index (χ3v) is 9.61. The summed E-state index contributed by atoms with van der Waals surface area (Å²) in [5.74, 6) is 1.13. The van der Waals surface area contributed by atoms with Gasteiger partial charge in [0.2, 0.25) is 5.82 Å². The lowest BCUT2D eigenvalue weighted by Gasteiger charge is -2.25. The maximum Gasteiger partial charge on any atom is 0.258 e. The average molecular weight is 659 g/mol. The first-order valence-electron chi connectivity index (χ1n) is 17.2. The lowest BCUT2D eigenvalue weighted by Crippen LogP contribution is -2.09. The van der Waals surface area contributed by atoms with Crippen LogP contribution in [0, 0.1) is 13.8 Å². The Labute approximate surface area is 296 Å². The third-order valence-electron chi connectivity index (χ3n) is 9.61. The van der Waals surface area contributed by atoms with E-state index < -0.39 is 0 Å². The zero-order valence-electron chi connectivity index (χ0n) is 28.4. The summed E-state index contributed by atoms with van der Waals surface area (Å²) in [6.45, 7) is 4.23. The Morgan fingerprint density at radius 3 is 1.75 bits per heavy atom. The van der Waals surface area contributed by atoms with Gasteiger partial charge in [-0.05, 0) is 109 Å². The van der Waals surface area contributed by atoms with Gasteiger partial charge in [0.25, 0.3) is 5.89 Å². The molecule has 0 saturated heterocycles. The van der Waals surface area contributed by atoms with Crippen LogP contribution in [0.25, 0.3) is 61.5 Å². The van der Waals surface area contributed by atoms with Gasteiger partial charge in [-0.3, -0.25) is 0 Å². The number of hydrogen-bond acceptors (Lipinski definition) is 4. The Morgan fingerprint density at radius 2 is 1.08 bits per heavy atom. The minimum atomic E-state index is 0.523. The minimum absolute atomic E-state index is 0.523. The van der Waals surface area contributed by atoms with E-state index in [0.717, 1.165) is 56.1 Å². The standard InChI is InChI=1S/C46H34N4O/c1-31-28-35(29-32(2)44(31)45-47-46(51-48-45)34-14-6-3-7-15-34)33-22-24-38(25-23-33)50-42-21-13-12-20-40(42)41-30-39(26-27-43(41)50)49(36-16-8-4-9-17-36)37-18-10-5-11-19-37/h3-30H,1-2H3. The molecule has 0 spiro atoms. The van der Waals surface area contributed by atoms with Gasteiger partial charge in [-0.15, -0.1) is 0 Å². The summed E-state index contributed by atoms with van der Waals surface area (Å²) >= 11 is 0. The molecule has 0 aliphatic heterocycles. The molecule has 2 aromatic heterocycles. The van der Waals surface area contributed by atoms with E-state index in [1.54, 1.807) is 0 Å². The van der Waals surface area contributed by atoms with Crippen molar-refractivity contribution in [1.29, 1.82) is 0 Å². The molecule has 0 N–H and O–H groups in total. The summed E-state index contributed by atoms with van der Waals surface area (Å²) in [4.78, 5) is 7.04. The molecular weight excluding hydrogens is 625 g/mol.